The molecule has 13 heavy (non-hydrogen) atoms. The summed E-state index contributed by atoms with van der Waals surface area (Å²) in [5, 5.41) is 9.77. The molecule has 3 heteroatoms. The number of likely N-dealkylation sites (N-methyl/N-ethyl adjacent to an activating group) is 1. The Hall–Kier alpha value is -0.510. The Morgan fingerprint density at radius 2 is 2.08 bits per heavy atom. The number of rotatable bonds is 1. The second kappa shape index (κ2) is 3.70. The molecule has 2 rings (SSSR count). The van der Waals surface area contributed by atoms with Crippen molar-refractivity contribution < 1.29 is 5.11 Å². The van der Waals surface area contributed by atoms with E-state index in [4.69, 9.17) is 0 Å². The first-order chi connectivity index (χ1) is 6.27. The second-order valence-electron chi connectivity index (χ2n) is 3.29. The molecule has 0 aromatic heterocycles. The van der Waals surface area contributed by atoms with Crippen molar-refractivity contribution in [2.24, 2.45) is 0 Å². The lowest BCUT2D eigenvalue weighted by molar-refractivity contribution is 0.215. The van der Waals surface area contributed by atoms with Crippen LogP contribution in [0.3, 0.4) is 0 Å². The average molecular weight is 195 g/mol. The van der Waals surface area contributed by atoms with Crippen LogP contribution < -0.4 is 0 Å². The molecule has 0 bridgehead atoms. The summed E-state index contributed by atoms with van der Waals surface area (Å²) in [6.07, 6.45) is 0. The molecule has 0 spiro atoms. The standard InChI is InChI=1S/C10H13NOS/c1-11-7-9(12)13-10(11)8-5-3-2-4-6-8/h2-6,9-10,12H,7H2,1H3. The van der Waals surface area contributed by atoms with Crippen LogP contribution in [0.2, 0.25) is 0 Å². The fourth-order valence-electron chi connectivity index (χ4n) is 1.59. The number of aliphatic hydroxyl groups is 1. The molecule has 0 aliphatic carbocycles. The normalized spacial score (nSPS) is 29.4. The Kier molecular flexibility index (Phi) is 2.58. The lowest BCUT2D eigenvalue weighted by Gasteiger charge is -2.17. The van der Waals surface area contributed by atoms with Crippen molar-refractivity contribution in [2.45, 2.75) is 10.8 Å². The van der Waals surface area contributed by atoms with Crippen LogP contribution in [-0.2, 0) is 0 Å². The summed E-state index contributed by atoms with van der Waals surface area (Å²) >= 11 is 1.61. The maximum Gasteiger partial charge on any atom is 0.114 e. The summed E-state index contributed by atoms with van der Waals surface area (Å²) in [4.78, 5) is 2.17. The molecule has 2 unspecified atom stereocenters. The molecule has 1 N–H and O–H groups in total. The Morgan fingerprint density at radius 1 is 1.38 bits per heavy atom. The monoisotopic (exact) mass is 195 g/mol. The highest BCUT2D eigenvalue weighted by Gasteiger charge is 2.29. The summed E-state index contributed by atoms with van der Waals surface area (Å²) in [6, 6.07) is 10.3. The van der Waals surface area contributed by atoms with Crippen LogP contribution in [0, 0.1) is 0 Å². The van der Waals surface area contributed by atoms with E-state index >= 15 is 0 Å². The Balaban J connectivity index is 2.18. The van der Waals surface area contributed by atoms with Crippen LogP contribution in [0.25, 0.3) is 0 Å². The maximum absolute atomic E-state index is 9.45. The van der Waals surface area contributed by atoms with Gasteiger partial charge in [-0.15, -0.1) is 11.8 Å². The molecule has 1 aromatic rings. The highest BCUT2D eigenvalue weighted by molar-refractivity contribution is 8.00. The van der Waals surface area contributed by atoms with Gasteiger partial charge in [-0.3, -0.25) is 4.90 Å². The van der Waals surface area contributed by atoms with Crippen LogP contribution in [-0.4, -0.2) is 29.0 Å². The third-order valence-corrected chi connectivity index (χ3v) is 3.57. The zero-order valence-corrected chi connectivity index (χ0v) is 8.37. The fourth-order valence-corrected chi connectivity index (χ4v) is 2.82. The number of nitrogens with zero attached hydrogens (tertiary/aromatic N) is 1. The molecule has 1 aliphatic rings. The van der Waals surface area contributed by atoms with Gasteiger partial charge in [-0.05, 0) is 12.6 Å². The van der Waals surface area contributed by atoms with E-state index in [1.807, 2.05) is 25.2 Å². The number of aliphatic hydroxyl groups excluding tert-OH is 1. The lowest BCUT2D eigenvalue weighted by atomic mass is 10.2. The van der Waals surface area contributed by atoms with Gasteiger partial charge < -0.3 is 5.11 Å². The third kappa shape index (κ3) is 1.88. The number of benzene rings is 1. The van der Waals surface area contributed by atoms with Crippen molar-refractivity contribution in [2.75, 3.05) is 13.6 Å². The first kappa shape index (κ1) is 9.06. The van der Waals surface area contributed by atoms with Crippen molar-refractivity contribution in [1.82, 2.24) is 4.90 Å². The molecular formula is C10H13NOS. The first-order valence-corrected chi connectivity index (χ1v) is 5.30. The number of hydrogen-bond acceptors (Lipinski definition) is 3. The lowest BCUT2D eigenvalue weighted by Crippen LogP contribution is -2.19. The van der Waals surface area contributed by atoms with Crippen molar-refractivity contribution in [3.8, 4) is 0 Å². The van der Waals surface area contributed by atoms with Crippen LogP contribution in [0.5, 0.6) is 0 Å². The smallest absolute Gasteiger partial charge is 0.114 e. The van der Waals surface area contributed by atoms with Gasteiger partial charge in [-0.1, -0.05) is 30.3 Å². The van der Waals surface area contributed by atoms with Gasteiger partial charge in [-0.25, -0.2) is 0 Å². The number of hydrogen-bond donors (Lipinski definition) is 1. The van der Waals surface area contributed by atoms with Gasteiger partial charge in [0.25, 0.3) is 0 Å². The molecule has 1 aliphatic heterocycles. The summed E-state index contributed by atoms with van der Waals surface area (Å²) in [6.45, 7) is 0.754. The van der Waals surface area contributed by atoms with Gasteiger partial charge in [0.2, 0.25) is 0 Å². The molecule has 1 fully saturated rings. The minimum absolute atomic E-state index is 0.241. The number of thioether (sulfide) groups is 1. The molecule has 1 heterocycles. The molecule has 2 nitrogen and oxygen atoms in total. The molecule has 0 amide bonds. The zero-order chi connectivity index (χ0) is 9.26. The molecule has 2 atom stereocenters. The van der Waals surface area contributed by atoms with Crippen molar-refractivity contribution in [3.63, 3.8) is 0 Å². The molecule has 70 valence electrons. The SMILES string of the molecule is CN1CC(O)SC1c1ccccc1. The predicted molar refractivity (Wildman–Crippen MR) is 55.4 cm³/mol. The first-order valence-electron chi connectivity index (χ1n) is 4.36. The fraction of sp³-hybridized carbons (Fsp3) is 0.400. The third-order valence-electron chi connectivity index (χ3n) is 2.22. The number of β-amino-alcohol motifs (C(OH)–C–C–N with tert-alkyl or cyclic N) is 1. The highest BCUT2D eigenvalue weighted by Crippen LogP contribution is 2.39. The van der Waals surface area contributed by atoms with E-state index < -0.39 is 0 Å². The van der Waals surface area contributed by atoms with Gasteiger partial charge in [0.05, 0.1) is 5.37 Å². The molecule has 1 aromatic carbocycles. The van der Waals surface area contributed by atoms with E-state index in [0.29, 0.717) is 5.37 Å². The van der Waals surface area contributed by atoms with Crippen molar-refractivity contribution in [1.29, 1.82) is 0 Å². The molecular weight excluding hydrogens is 182 g/mol. The highest BCUT2D eigenvalue weighted by atomic mass is 32.2. The van der Waals surface area contributed by atoms with Gasteiger partial charge in [0, 0.05) is 6.54 Å². The van der Waals surface area contributed by atoms with E-state index in [1.165, 1.54) is 5.56 Å². The van der Waals surface area contributed by atoms with Gasteiger partial charge in [-0.2, -0.15) is 0 Å². The maximum atomic E-state index is 9.45. The Morgan fingerprint density at radius 3 is 2.62 bits per heavy atom. The van der Waals surface area contributed by atoms with Gasteiger partial charge >= 0.3 is 0 Å². The second-order valence-corrected chi connectivity index (χ2v) is 4.56. The zero-order valence-electron chi connectivity index (χ0n) is 7.55. The van der Waals surface area contributed by atoms with Gasteiger partial charge in [0.1, 0.15) is 5.44 Å². The summed E-state index contributed by atoms with van der Waals surface area (Å²) in [5.74, 6) is 0. The largest absolute Gasteiger partial charge is 0.381 e. The van der Waals surface area contributed by atoms with E-state index in [-0.39, 0.29) is 5.44 Å². The topological polar surface area (TPSA) is 23.5 Å². The summed E-state index contributed by atoms with van der Waals surface area (Å²) in [7, 11) is 2.04. The van der Waals surface area contributed by atoms with Gasteiger partial charge in [0.15, 0.2) is 0 Å². The van der Waals surface area contributed by atoms with Crippen molar-refractivity contribution >= 4 is 11.8 Å². The van der Waals surface area contributed by atoms with Crippen LogP contribution in [0.4, 0.5) is 0 Å². The quantitative estimate of drug-likeness (QED) is 0.737. The van der Waals surface area contributed by atoms with E-state index in [9.17, 15) is 5.11 Å². The van der Waals surface area contributed by atoms with Crippen LogP contribution >= 0.6 is 11.8 Å². The molecule has 1 saturated heterocycles. The predicted octanol–water partition coefficient (Wildman–Crippen LogP) is 1.68. The Bertz CT molecular complexity index is 278. The molecule has 0 radical (unpaired) electrons. The van der Waals surface area contributed by atoms with Crippen molar-refractivity contribution in [3.05, 3.63) is 35.9 Å². The summed E-state index contributed by atoms with van der Waals surface area (Å²) in [5.41, 5.74) is 1.03. The van der Waals surface area contributed by atoms with Crippen LogP contribution in [0.15, 0.2) is 30.3 Å². The average Bonchev–Trinajstić information content (AvgIpc) is 2.47. The van der Waals surface area contributed by atoms with Crippen LogP contribution in [0.1, 0.15) is 10.9 Å². The Labute approximate surface area is 82.6 Å². The summed E-state index contributed by atoms with van der Waals surface area (Å²) < 4.78 is 0. The minimum atomic E-state index is -0.241. The minimum Gasteiger partial charge on any atom is -0.381 e. The van der Waals surface area contributed by atoms with E-state index in [0.717, 1.165) is 6.54 Å². The van der Waals surface area contributed by atoms with E-state index in [1.54, 1.807) is 11.8 Å². The molecule has 0 saturated carbocycles. The van der Waals surface area contributed by atoms with E-state index in [2.05, 4.69) is 17.0 Å².